The number of hydrogen-bond acceptors (Lipinski definition) is 4. The van der Waals surface area contributed by atoms with E-state index in [-0.39, 0.29) is 18.4 Å². The van der Waals surface area contributed by atoms with Crippen LogP contribution >= 0.6 is 11.6 Å². The van der Waals surface area contributed by atoms with Crippen molar-refractivity contribution in [1.82, 2.24) is 5.32 Å². The van der Waals surface area contributed by atoms with Gasteiger partial charge >= 0.3 is 0 Å². The lowest BCUT2D eigenvalue weighted by molar-refractivity contribution is -0.121. The van der Waals surface area contributed by atoms with Gasteiger partial charge in [-0.15, -0.1) is 0 Å². The first-order valence-electron chi connectivity index (χ1n) is 9.10. The number of ether oxygens (including phenoxy) is 2. The number of rotatable bonds is 6. The van der Waals surface area contributed by atoms with E-state index in [4.69, 9.17) is 21.1 Å². The average Bonchev–Trinajstić information content (AvgIpc) is 2.68. The molecule has 1 amide bonds. The molecule has 0 radical (unpaired) electrons. The number of nitrogens with zero attached hydrogens (tertiary/aromatic N) is 1. The van der Waals surface area contributed by atoms with Crippen LogP contribution in [0.5, 0.6) is 11.5 Å². The fourth-order valence-corrected chi connectivity index (χ4v) is 3.74. The van der Waals surface area contributed by atoms with Crippen LogP contribution in [0.15, 0.2) is 42.5 Å². The smallest absolute Gasteiger partial charge is 0.224 e. The SMILES string of the molecule is COc1ccc(Cl)cc1CC(=O)NC1CCCN(c2ccccc2OC)C1. The van der Waals surface area contributed by atoms with E-state index < -0.39 is 0 Å². The molecular formula is C21H25ClN2O3. The van der Waals surface area contributed by atoms with Crippen LogP contribution < -0.4 is 19.7 Å². The second-order valence-electron chi connectivity index (χ2n) is 6.66. The largest absolute Gasteiger partial charge is 0.496 e. The molecule has 1 heterocycles. The molecule has 1 N–H and O–H groups in total. The highest BCUT2D eigenvalue weighted by Crippen LogP contribution is 2.30. The number of hydrogen-bond donors (Lipinski definition) is 1. The van der Waals surface area contributed by atoms with Crippen LogP contribution in [0, 0.1) is 0 Å². The minimum Gasteiger partial charge on any atom is -0.496 e. The lowest BCUT2D eigenvalue weighted by atomic mass is 10.0. The predicted molar refractivity (Wildman–Crippen MR) is 108 cm³/mol. The van der Waals surface area contributed by atoms with Crippen LogP contribution in [0.3, 0.4) is 0 Å². The van der Waals surface area contributed by atoms with Gasteiger partial charge in [0.05, 0.1) is 26.3 Å². The molecule has 0 saturated carbocycles. The molecule has 0 aliphatic carbocycles. The third-order valence-corrected chi connectivity index (χ3v) is 5.04. The van der Waals surface area contributed by atoms with E-state index in [9.17, 15) is 4.79 Å². The average molecular weight is 389 g/mol. The molecule has 6 heteroatoms. The van der Waals surface area contributed by atoms with E-state index in [0.29, 0.717) is 10.8 Å². The molecule has 1 fully saturated rings. The molecule has 2 aromatic rings. The third kappa shape index (κ3) is 4.86. The fourth-order valence-electron chi connectivity index (χ4n) is 3.54. The van der Waals surface area contributed by atoms with Crippen molar-refractivity contribution in [2.45, 2.75) is 25.3 Å². The van der Waals surface area contributed by atoms with E-state index >= 15 is 0 Å². The Labute approximate surface area is 165 Å². The normalized spacial score (nSPS) is 16.7. The van der Waals surface area contributed by atoms with Gasteiger partial charge in [0.1, 0.15) is 11.5 Å². The van der Waals surface area contributed by atoms with Crippen LogP contribution in [-0.2, 0) is 11.2 Å². The highest BCUT2D eigenvalue weighted by molar-refractivity contribution is 6.30. The van der Waals surface area contributed by atoms with Gasteiger partial charge in [0.2, 0.25) is 5.91 Å². The molecule has 1 unspecified atom stereocenters. The van der Waals surface area contributed by atoms with Gasteiger partial charge in [0.15, 0.2) is 0 Å². The van der Waals surface area contributed by atoms with Gasteiger partial charge in [-0.05, 0) is 43.2 Å². The lowest BCUT2D eigenvalue weighted by Gasteiger charge is -2.35. The van der Waals surface area contributed by atoms with E-state index in [1.165, 1.54) is 0 Å². The summed E-state index contributed by atoms with van der Waals surface area (Å²) in [7, 11) is 3.28. The quantitative estimate of drug-likeness (QED) is 0.820. The van der Waals surface area contributed by atoms with Gasteiger partial charge in [-0.1, -0.05) is 23.7 Å². The molecule has 0 aromatic heterocycles. The number of benzene rings is 2. The van der Waals surface area contributed by atoms with Gasteiger partial charge in [-0.3, -0.25) is 4.79 Å². The summed E-state index contributed by atoms with van der Waals surface area (Å²) in [5.41, 5.74) is 1.86. The number of carbonyl (C=O) groups is 1. The molecule has 27 heavy (non-hydrogen) atoms. The van der Waals surface area contributed by atoms with Crippen LogP contribution in [0.2, 0.25) is 5.02 Å². The van der Waals surface area contributed by atoms with Crippen molar-refractivity contribution in [3.63, 3.8) is 0 Å². The van der Waals surface area contributed by atoms with Crippen molar-refractivity contribution >= 4 is 23.2 Å². The maximum absolute atomic E-state index is 12.6. The molecule has 0 bridgehead atoms. The molecule has 1 saturated heterocycles. The van der Waals surface area contributed by atoms with Crippen LogP contribution in [0.1, 0.15) is 18.4 Å². The molecular weight excluding hydrogens is 364 g/mol. The molecule has 5 nitrogen and oxygen atoms in total. The Bertz CT molecular complexity index is 797. The second-order valence-corrected chi connectivity index (χ2v) is 7.09. The number of piperidine rings is 1. The zero-order valence-corrected chi connectivity index (χ0v) is 16.5. The standard InChI is InChI=1S/C21H25ClN2O3/c1-26-19-10-9-16(22)12-15(19)13-21(25)23-17-6-5-11-24(14-17)18-7-3-4-8-20(18)27-2/h3-4,7-10,12,17H,5-6,11,13-14H2,1-2H3,(H,23,25). The van der Waals surface area contributed by atoms with Crippen molar-refractivity contribution in [3.05, 3.63) is 53.1 Å². The monoisotopic (exact) mass is 388 g/mol. The van der Waals surface area contributed by atoms with Crippen molar-refractivity contribution in [1.29, 1.82) is 0 Å². The molecule has 1 aliphatic heterocycles. The third-order valence-electron chi connectivity index (χ3n) is 4.81. The highest BCUT2D eigenvalue weighted by Gasteiger charge is 2.23. The van der Waals surface area contributed by atoms with E-state index in [0.717, 1.165) is 42.9 Å². The van der Waals surface area contributed by atoms with E-state index in [1.807, 2.05) is 18.2 Å². The fraction of sp³-hybridized carbons (Fsp3) is 0.381. The van der Waals surface area contributed by atoms with Crippen molar-refractivity contribution < 1.29 is 14.3 Å². The number of carbonyl (C=O) groups excluding carboxylic acids is 1. The molecule has 1 aliphatic rings. The Hall–Kier alpha value is -2.40. The first-order valence-corrected chi connectivity index (χ1v) is 9.48. The van der Waals surface area contributed by atoms with Crippen molar-refractivity contribution in [3.8, 4) is 11.5 Å². The number of nitrogens with one attached hydrogen (secondary N) is 1. The minimum atomic E-state index is -0.0255. The van der Waals surface area contributed by atoms with Gasteiger partial charge in [0.25, 0.3) is 0 Å². The number of anilines is 1. The summed E-state index contributed by atoms with van der Waals surface area (Å²) in [5, 5.41) is 3.75. The molecule has 0 spiro atoms. The maximum atomic E-state index is 12.6. The first kappa shape index (κ1) is 19.4. The van der Waals surface area contributed by atoms with Gasteiger partial charge < -0.3 is 19.7 Å². The van der Waals surface area contributed by atoms with E-state index in [1.54, 1.807) is 32.4 Å². The Balaban J connectivity index is 1.64. The lowest BCUT2D eigenvalue weighted by Crippen LogP contribution is -2.48. The van der Waals surface area contributed by atoms with Gasteiger partial charge in [-0.2, -0.15) is 0 Å². The summed E-state index contributed by atoms with van der Waals surface area (Å²) in [6, 6.07) is 13.4. The molecule has 3 rings (SSSR count). The number of methoxy groups -OCH3 is 2. The van der Waals surface area contributed by atoms with E-state index in [2.05, 4.69) is 16.3 Å². The summed E-state index contributed by atoms with van der Waals surface area (Å²) in [6.45, 7) is 1.72. The Morgan fingerprint density at radius 1 is 1.19 bits per heavy atom. The van der Waals surface area contributed by atoms with Crippen molar-refractivity contribution in [2.75, 3.05) is 32.2 Å². The Morgan fingerprint density at radius 3 is 2.74 bits per heavy atom. The summed E-state index contributed by atoms with van der Waals surface area (Å²) < 4.78 is 10.8. The topological polar surface area (TPSA) is 50.8 Å². The zero-order valence-electron chi connectivity index (χ0n) is 15.7. The van der Waals surface area contributed by atoms with Crippen LogP contribution in [0.25, 0.3) is 0 Å². The Kier molecular flexibility index (Phi) is 6.45. The number of halogens is 1. The van der Waals surface area contributed by atoms with Crippen LogP contribution in [-0.4, -0.2) is 39.3 Å². The first-order chi connectivity index (χ1) is 13.1. The number of para-hydroxylation sites is 2. The predicted octanol–water partition coefficient (Wildman–Crippen LogP) is 3.68. The summed E-state index contributed by atoms with van der Waals surface area (Å²) >= 11 is 6.06. The molecule has 1 atom stereocenters. The number of amides is 1. The van der Waals surface area contributed by atoms with Gasteiger partial charge in [-0.25, -0.2) is 0 Å². The minimum absolute atomic E-state index is 0.0255. The summed E-state index contributed by atoms with van der Waals surface area (Å²) in [5.74, 6) is 1.50. The Morgan fingerprint density at radius 2 is 1.96 bits per heavy atom. The van der Waals surface area contributed by atoms with Gasteiger partial charge in [0, 0.05) is 29.7 Å². The molecule has 2 aromatic carbocycles. The summed E-state index contributed by atoms with van der Waals surface area (Å²) in [6.07, 6.45) is 2.22. The highest BCUT2D eigenvalue weighted by atomic mass is 35.5. The van der Waals surface area contributed by atoms with Crippen LogP contribution in [0.4, 0.5) is 5.69 Å². The molecule has 144 valence electrons. The van der Waals surface area contributed by atoms with Crippen molar-refractivity contribution in [2.24, 2.45) is 0 Å². The summed E-state index contributed by atoms with van der Waals surface area (Å²) in [4.78, 5) is 14.8. The zero-order chi connectivity index (χ0) is 19.2. The maximum Gasteiger partial charge on any atom is 0.224 e. The second kappa shape index (κ2) is 9.00.